The third kappa shape index (κ3) is 3.87. The maximum Gasteiger partial charge on any atom is 0.122 e. The quantitative estimate of drug-likeness (QED) is 0.869. The molecule has 0 unspecified atom stereocenters. The average molecular weight is 279 g/mol. The van der Waals surface area contributed by atoms with Crippen molar-refractivity contribution in [2.24, 2.45) is 0 Å². The largest absolute Gasteiger partial charge is 0.497 e. The van der Waals surface area contributed by atoms with Gasteiger partial charge in [-0.05, 0) is 30.5 Å². The molecule has 2 atom stereocenters. The van der Waals surface area contributed by atoms with Crippen molar-refractivity contribution in [3.05, 3.63) is 23.8 Å². The molecule has 4 heteroatoms. The van der Waals surface area contributed by atoms with Crippen LogP contribution in [0.15, 0.2) is 18.2 Å². The minimum atomic E-state index is 0.330. The molecule has 1 aromatic rings. The second-order valence-electron chi connectivity index (χ2n) is 5.27. The van der Waals surface area contributed by atoms with Crippen LogP contribution in [0.5, 0.6) is 11.5 Å². The van der Waals surface area contributed by atoms with Crippen LogP contribution in [0.3, 0.4) is 0 Å². The molecule has 20 heavy (non-hydrogen) atoms. The highest BCUT2D eigenvalue weighted by molar-refractivity contribution is 5.38. The molecule has 1 N–H and O–H groups in total. The summed E-state index contributed by atoms with van der Waals surface area (Å²) in [6.45, 7) is 0.804. The van der Waals surface area contributed by atoms with Gasteiger partial charge in [-0.25, -0.2) is 0 Å². The molecule has 2 rings (SSSR count). The summed E-state index contributed by atoms with van der Waals surface area (Å²) in [5.41, 5.74) is 1.17. The van der Waals surface area contributed by atoms with Crippen molar-refractivity contribution in [2.75, 3.05) is 21.3 Å². The van der Waals surface area contributed by atoms with Crippen LogP contribution in [0.1, 0.15) is 31.2 Å². The van der Waals surface area contributed by atoms with E-state index in [9.17, 15) is 0 Å². The zero-order valence-electron chi connectivity index (χ0n) is 12.6. The summed E-state index contributed by atoms with van der Waals surface area (Å²) in [6.07, 6.45) is 5.20. The highest BCUT2D eigenvalue weighted by Gasteiger charge is 2.24. The van der Waals surface area contributed by atoms with E-state index in [-0.39, 0.29) is 0 Å². The molecule has 0 bridgehead atoms. The monoisotopic (exact) mass is 279 g/mol. The van der Waals surface area contributed by atoms with Gasteiger partial charge >= 0.3 is 0 Å². The Labute approximate surface area is 121 Å². The van der Waals surface area contributed by atoms with Crippen LogP contribution in [0.2, 0.25) is 0 Å². The van der Waals surface area contributed by atoms with Gasteiger partial charge in [0.25, 0.3) is 0 Å². The summed E-state index contributed by atoms with van der Waals surface area (Å²) >= 11 is 0. The van der Waals surface area contributed by atoms with Gasteiger partial charge in [0.1, 0.15) is 11.5 Å². The zero-order valence-corrected chi connectivity index (χ0v) is 12.6. The van der Waals surface area contributed by atoms with Gasteiger partial charge in [-0.3, -0.25) is 0 Å². The molecule has 1 aromatic carbocycles. The Balaban J connectivity index is 1.98. The molecular weight excluding hydrogens is 254 g/mol. The Kier molecular flexibility index (Phi) is 5.68. The molecule has 1 aliphatic rings. The number of ether oxygens (including phenoxy) is 3. The van der Waals surface area contributed by atoms with Gasteiger partial charge in [-0.15, -0.1) is 0 Å². The van der Waals surface area contributed by atoms with E-state index < -0.39 is 0 Å². The Morgan fingerprint density at radius 2 is 1.65 bits per heavy atom. The van der Waals surface area contributed by atoms with Gasteiger partial charge < -0.3 is 19.5 Å². The van der Waals surface area contributed by atoms with Crippen LogP contribution in [0.4, 0.5) is 0 Å². The highest BCUT2D eigenvalue weighted by atomic mass is 16.5. The average Bonchev–Trinajstić information content (AvgIpc) is 2.52. The van der Waals surface area contributed by atoms with E-state index in [1.54, 1.807) is 21.3 Å². The lowest BCUT2D eigenvalue weighted by Gasteiger charge is -2.31. The molecule has 0 heterocycles. The lowest BCUT2D eigenvalue weighted by atomic mass is 9.92. The van der Waals surface area contributed by atoms with E-state index >= 15 is 0 Å². The smallest absolute Gasteiger partial charge is 0.122 e. The summed E-state index contributed by atoms with van der Waals surface area (Å²) in [5.74, 6) is 1.65. The normalized spacial score (nSPS) is 22.6. The molecule has 0 aliphatic heterocycles. The van der Waals surface area contributed by atoms with Gasteiger partial charge in [0, 0.05) is 25.8 Å². The van der Waals surface area contributed by atoms with Crippen LogP contribution in [0, 0.1) is 0 Å². The molecule has 112 valence electrons. The number of rotatable bonds is 6. The molecule has 1 fully saturated rings. The lowest BCUT2D eigenvalue weighted by molar-refractivity contribution is 0.0413. The number of methoxy groups -OCH3 is 3. The Bertz CT molecular complexity index is 400. The van der Waals surface area contributed by atoms with E-state index in [1.807, 2.05) is 18.2 Å². The van der Waals surface area contributed by atoms with Crippen molar-refractivity contribution in [1.82, 2.24) is 5.32 Å². The van der Waals surface area contributed by atoms with Gasteiger partial charge in [0.2, 0.25) is 0 Å². The van der Waals surface area contributed by atoms with E-state index in [2.05, 4.69) is 5.32 Å². The third-order valence-corrected chi connectivity index (χ3v) is 3.98. The number of nitrogens with one attached hydrogen (secondary N) is 1. The van der Waals surface area contributed by atoms with Gasteiger partial charge in [-0.1, -0.05) is 12.8 Å². The van der Waals surface area contributed by atoms with Crippen molar-refractivity contribution < 1.29 is 14.2 Å². The fourth-order valence-electron chi connectivity index (χ4n) is 2.83. The fourth-order valence-corrected chi connectivity index (χ4v) is 2.83. The minimum absolute atomic E-state index is 0.330. The maximum atomic E-state index is 5.57. The van der Waals surface area contributed by atoms with E-state index in [4.69, 9.17) is 14.2 Å². The van der Waals surface area contributed by atoms with Gasteiger partial charge in [0.05, 0.1) is 20.3 Å². The predicted octanol–water partition coefficient (Wildman–Crippen LogP) is 2.75. The Hall–Kier alpha value is -1.26. The van der Waals surface area contributed by atoms with Gasteiger partial charge in [0.15, 0.2) is 0 Å². The van der Waals surface area contributed by atoms with E-state index in [0.29, 0.717) is 12.1 Å². The summed E-state index contributed by atoms with van der Waals surface area (Å²) in [4.78, 5) is 0. The number of benzene rings is 1. The van der Waals surface area contributed by atoms with E-state index in [1.165, 1.54) is 24.8 Å². The summed E-state index contributed by atoms with van der Waals surface area (Å²) < 4.78 is 16.2. The molecule has 1 saturated carbocycles. The minimum Gasteiger partial charge on any atom is -0.497 e. The predicted molar refractivity (Wildman–Crippen MR) is 79.4 cm³/mol. The zero-order chi connectivity index (χ0) is 14.4. The van der Waals surface area contributed by atoms with Crippen LogP contribution in [-0.4, -0.2) is 33.5 Å². The second kappa shape index (κ2) is 7.50. The molecule has 1 aliphatic carbocycles. The SMILES string of the molecule is COc1cc(CN[C@@H]2CCCC[C@@H]2OC)cc(OC)c1. The van der Waals surface area contributed by atoms with Crippen molar-refractivity contribution in [2.45, 2.75) is 44.4 Å². The second-order valence-corrected chi connectivity index (χ2v) is 5.27. The molecule has 0 saturated heterocycles. The summed E-state index contributed by atoms with van der Waals surface area (Å²) in [5, 5.41) is 3.61. The first kappa shape index (κ1) is 15.1. The molecule has 0 spiro atoms. The molecule has 0 radical (unpaired) electrons. The maximum absolute atomic E-state index is 5.57. The first-order valence-corrected chi connectivity index (χ1v) is 7.25. The molecule has 4 nitrogen and oxygen atoms in total. The Morgan fingerprint density at radius 1 is 1.00 bits per heavy atom. The van der Waals surface area contributed by atoms with Crippen molar-refractivity contribution >= 4 is 0 Å². The van der Waals surface area contributed by atoms with Gasteiger partial charge in [-0.2, -0.15) is 0 Å². The highest BCUT2D eigenvalue weighted by Crippen LogP contribution is 2.24. The molecular formula is C16H25NO3. The van der Waals surface area contributed by atoms with Crippen LogP contribution in [-0.2, 0) is 11.3 Å². The van der Waals surface area contributed by atoms with Crippen molar-refractivity contribution in [3.63, 3.8) is 0 Å². The standard InChI is InChI=1S/C16H25NO3/c1-18-13-8-12(9-14(10-13)19-2)11-17-15-6-4-5-7-16(15)20-3/h8-10,15-17H,4-7,11H2,1-3H3/t15-,16+/m1/s1. The number of hydrogen-bond donors (Lipinski definition) is 1. The summed E-state index contributed by atoms with van der Waals surface area (Å²) in [7, 11) is 5.15. The van der Waals surface area contributed by atoms with Crippen LogP contribution < -0.4 is 14.8 Å². The number of hydrogen-bond acceptors (Lipinski definition) is 4. The molecule has 0 amide bonds. The van der Waals surface area contributed by atoms with Crippen molar-refractivity contribution in [3.8, 4) is 11.5 Å². The molecule has 0 aromatic heterocycles. The van der Waals surface area contributed by atoms with Crippen LogP contribution >= 0.6 is 0 Å². The van der Waals surface area contributed by atoms with Crippen molar-refractivity contribution in [1.29, 1.82) is 0 Å². The topological polar surface area (TPSA) is 39.7 Å². The first-order chi connectivity index (χ1) is 9.76. The van der Waals surface area contributed by atoms with Crippen LogP contribution in [0.25, 0.3) is 0 Å². The lowest BCUT2D eigenvalue weighted by Crippen LogP contribution is -2.42. The Morgan fingerprint density at radius 3 is 2.25 bits per heavy atom. The van der Waals surface area contributed by atoms with E-state index in [0.717, 1.165) is 24.5 Å². The first-order valence-electron chi connectivity index (χ1n) is 7.25. The third-order valence-electron chi connectivity index (χ3n) is 3.98. The summed E-state index contributed by atoms with van der Waals surface area (Å²) in [6, 6.07) is 6.41. The fraction of sp³-hybridized carbons (Fsp3) is 0.625.